The van der Waals surface area contributed by atoms with Crippen LogP contribution >= 0.6 is 11.6 Å². The van der Waals surface area contributed by atoms with E-state index in [0.29, 0.717) is 10.6 Å². The second kappa shape index (κ2) is 5.57. The van der Waals surface area contributed by atoms with Crippen LogP contribution in [0.25, 0.3) is 11.3 Å². The monoisotopic (exact) mass is 305 g/mol. The molecule has 0 amide bonds. The number of halogens is 1. The second-order valence-electron chi connectivity index (χ2n) is 6.11. The number of esters is 1. The zero-order valence-electron chi connectivity index (χ0n) is 13.0. The Hall–Kier alpha value is -1.74. The molecule has 0 unspecified atom stereocenters. The molecule has 1 heterocycles. The van der Waals surface area contributed by atoms with E-state index < -0.39 is 5.60 Å². The fourth-order valence-corrected chi connectivity index (χ4v) is 2.30. The average molecular weight is 306 g/mol. The minimum absolute atomic E-state index is 0.340. The Morgan fingerprint density at radius 3 is 2.38 bits per heavy atom. The zero-order valence-corrected chi connectivity index (χ0v) is 13.8. The molecule has 1 aromatic carbocycles. The van der Waals surface area contributed by atoms with E-state index in [4.69, 9.17) is 16.3 Å². The largest absolute Gasteiger partial charge is 0.456 e. The number of aryl methyl sites for hydroxylation is 1. The summed E-state index contributed by atoms with van der Waals surface area (Å²) >= 11 is 6.10. The van der Waals surface area contributed by atoms with Crippen LogP contribution in [0, 0.1) is 6.92 Å². The van der Waals surface area contributed by atoms with Gasteiger partial charge in [-0.3, -0.25) is 0 Å². The maximum atomic E-state index is 12.4. The highest BCUT2D eigenvalue weighted by Gasteiger charge is 2.22. The maximum Gasteiger partial charge on any atom is 0.339 e. The highest BCUT2D eigenvalue weighted by Crippen LogP contribution is 2.29. The van der Waals surface area contributed by atoms with Crippen molar-refractivity contribution in [3.05, 3.63) is 46.6 Å². The molecule has 0 saturated heterocycles. The summed E-state index contributed by atoms with van der Waals surface area (Å²) in [6.07, 6.45) is 0. The molecular weight excluding hydrogens is 286 g/mol. The summed E-state index contributed by atoms with van der Waals surface area (Å²) in [5, 5.41) is 0.594. The first-order valence-electron chi connectivity index (χ1n) is 6.84. The van der Waals surface area contributed by atoms with Crippen molar-refractivity contribution in [3.8, 4) is 11.3 Å². The molecule has 3 nitrogen and oxygen atoms in total. The Bertz CT molecular complexity index is 681. The van der Waals surface area contributed by atoms with Gasteiger partial charge < -0.3 is 9.30 Å². The molecule has 0 aliphatic rings. The standard InChI is InChI=1S/C17H20ClNO2/c1-11-6-9-15(19(11)5)14-10-12(18)7-8-13(14)16(20)21-17(2,3)4/h6-10H,1-5H3. The lowest BCUT2D eigenvalue weighted by Crippen LogP contribution is -2.24. The Morgan fingerprint density at radius 2 is 1.86 bits per heavy atom. The van der Waals surface area contributed by atoms with E-state index in [1.165, 1.54) is 0 Å². The van der Waals surface area contributed by atoms with Crippen molar-refractivity contribution in [2.24, 2.45) is 7.05 Å². The summed E-state index contributed by atoms with van der Waals surface area (Å²) in [7, 11) is 1.96. The molecule has 0 radical (unpaired) electrons. The van der Waals surface area contributed by atoms with Crippen molar-refractivity contribution in [2.75, 3.05) is 0 Å². The minimum atomic E-state index is -0.530. The normalized spacial score (nSPS) is 11.5. The molecule has 2 rings (SSSR count). The molecule has 112 valence electrons. The van der Waals surface area contributed by atoms with Crippen LogP contribution in [0.4, 0.5) is 0 Å². The van der Waals surface area contributed by atoms with Gasteiger partial charge >= 0.3 is 5.97 Å². The van der Waals surface area contributed by atoms with Crippen molar-refractivity contribution < 1.29 is 9.53 Å². The van der Waals surface area contributed by atoms with E-state index >= 15 is 0 Å². The lowest BCUT2D eigenvalue weighted by atomic mass is 10.0. The van der Waals surface area contributed by atoms with Gasteiger partial charge in [0.1, 0.15) is 5.60 Å². The SMILES string of the molecule is Cc1ccc(-c2cc(Cl)ccc2C(=O)OC(C)(C)C)n1C. The highest BCUT2D eigenvalue weighted by atomic mass is 35.5. The van der Waals surface area contributed by atoms with Gasteiger partial charge in [-0.1, -0.05) is 11.6 Å². The maximum absolute atomic E-state index is 12.4. The first-order valence-corrected chi connectivity index (χ1v) is 7.22. The Labute approximate surface area is 130 Å². The van der Waals surface area contributed by atoms with Crippen molar-refractivity contribution in [3.63, 3.8) is 0 Å². The quantitative estimate of drug-likeness (QED) is 0.759. The Morgan fingerprint density at radius 1 is 1.19 bits per heavy atom. The molecule has 21 heavy (non-hydrogen) atoms. The van der Waals surface area contributed by atoms with Crippen LogP contribution in [-0.4, -0.2) is 16.1 Å². The fraction of sp³-hybridized carbons (Fsp3) is 0.353. The predicted octanol–water partition coefficient (Wildman–Crippen LogP) is 4.61. The van der Waals surface area contributed by atoms with Crippen molar-refractivity contribution >= 4 is 17.6 Å². The van der Waals surface area contributed by atoms with Gasteiger partial charge in [-0.15, -0.1) is 0 Å². The number of benzene rings is 1. The second-order valence-corrected chi connectivity index (χ2v) is 6.55. The Kier molecular flexibility index (Phi) is 4.15. The number of ether oxygens (including phenoxy) is 1. The third-order valence-corrected chi connectivity index (χ3v) is 3.48. The summed E-state index contributed by atoms with van der Waals surface area (Å²) < 4.78 is 7.51. The lowest BCUT2D eigenvalue weighted by molar-refractivity contribution is 0.00704. The fourth-order valence-electron chi connectivity index (χ4n) is 2.12. The molecule has 0 bridgehead atoms. The zero-order chi connectivity index (χ0) is 15.8. The number of rotatable bonds is 2. The van der Waals surface area contributed by atoms with Crippen LogP contribution in [0.1, 0.15) is 36.8 Å². The smallest absolute Gasteiger partial charge is 0.339 e. The number of hydrogen-bond donors (Lipinski definition) is 0. The molecule has 4 heteroatoms. The first-order chi connectivity index (χ1) is 9.69. The summed E-state index contributed by atoms with van der Waals surface area (Å²) in [6, 6.07) is 9.22. The molecule has 0 aliphatic carbocycles. The molecule has 1 aromatic heterocycles. The van der Waals surface area contributed by atoms with E-state index in [1.807, 2.05) is 51.4 Å². The summed E-state index contributed by atoms with van der Waals surface area (Å²) in [5.74, 6) is -0.340. The topological polar surface area (TPSA) is 31.2 Å². The van der Waals surface area contributed by atoms with Crippen LogP contribution in [0.5, 0.6) is 0 Å². The van der Waals surface area contributed by atoms with Gasteiger partial charge in [0.2, 0.25) is 0 Å². The van der Waals surface area contributed by atoms with Gasteiger partial charge in [0.05, 0.1) is 5.56 Å². The molecule has 0 N–H and O–H groups in total. The van der Waals surface area contributed by atoms with Crippen LogP contribution in [0.15, 0.2) is 30.3 Å². The number of carbonyl (C=O) groups is 1. The van der Waals surface area contributed by atoms with E-state index in [2.05, 4.69) is 0 Å². The highest BCUT2D eigenvalue weighted by molar-refractivity contribution is 6.31. The summed E-state index contributed by atoms with van der Waals surface area (Å²) in [4.78, 5) is 12.4. The molecule has 2 aromatic rings. The van der Waals surface area contributed by atoms with Gasteiger partial charge in [-0.25, -0.2) is 4.79 Å². The van der Waals surface area contributed by atoms with Gasteiger partial charge in [0.15, 0.2) is 0 Å². The van der Waals surface area contributed by atoms with Gasteiger partial charge in [-0.2, -0.15) is 0 Å². The van der Waals surface area contributed by atoms with Crippen LogP contribution in [-0.2, 0) is 11.8 Å². The number of hydrogen-bond acceptors (Lipinski definition) is 2. The van der Waals surface area contributed by atoms with E-state index in [-0.39, 0.29) is 5.97 Å². The van der Waals surface area contributed by atoms with Gasteiger partial charge in [-0.05, 0) is 58.0 Å². The molecular formula is C17H20ClNO2. The minimum Gasteiger partial charge on any atom is -0.456 e. The molecule has 0 fully saturated rings. The van der Waals surface area contributed by atoms with Crippen LogP contribution in [0.3, 0.4) is 0 Å². The average Bonchev–Trinajstić information content (AvgIpc) is 2.67. The molecule has 0 saturated carbocycles. The molecule has 0 atom stereocenters. The van der Waals surface area contributed by atoms with E-state index in [0.717, 1.165) is 17.0 Å². The first kappa shape index (κ1) is 15.6. The third-order valence-electron chi connectivity index (χ3n) is 3.25. The lowest BCUT2D eigenvalue weighted by Gasteiger charge is -2.21. The number of carbonyl (C=O) groups excluding carboxylic acids is 1. The summed E-state index contributed by atoms with van der Waals surface area (Å²) in [5.41, 5.74) is 2.83. The van der Waals surface area contributed by atoms with Crippen molar-refractivity contribution in [2.45, 2.75) is 33.3 Å². The van der Waals surface area contributed by atoms with Crippen molar-refractivity contribution in [1.29, 1.82) is 0 Å². The van der Waals surface area contributed by atoms with Crippen LogP contribution < -0.4 is 0 Å². The van der Waals surface area contributed by atoms with Gasteiger partial charge in [0.25, 0.3) is 0 Å². The predicted molar refractivity (Wildman–Crippen MR) is 85.8 cm³/mol. The van der Waals surface area contributed by atoms with E-state index in [1.54, 1.807) is 18.2 Å². The number of aromatic nitrogens is 1. The molecule has 0 aliphatic heterocycles. The third kappa shape index (κ3) is 3.48. The van der Waals surface area contributed by atoms with Crippen molar-refractivity contribution in [1.82, 2.24) is 4.57 Å². The van der Waals surface area contributed by atoms with Crippen LogP contribution in [0.2, 0.25) is 5.02 Å². The molecule has 0 spiro atoms. The van der Waals surface area contributed by atoms with Gasteiger partial charge in [0, 0.05) is 29.0 Å². The van der Waals surface area contributed by atoms with E-state index in [9.17, 15) is 4.79 Å². The Balaban J connectivity index is 2.53. The summed E-state index contributed by atoms with van der Waals surface area (Å²) in [6.45, 7) is 7.58. The number of nitrogens with zero attached hydrogens (tertiary/aromatic N) is 1.